The number of carbonyl (C=O) groups is 2. The summed E-state index contributed by atoms with van der Waals surface area (Å²) >= 11 is 0. The van der Waals surface area contributed by atoms with E-state index < -0.39 is 11.9 Å². The second kappa shape index (κ2) is 6.03. The van der Waals surface area contributed by atoms with Crippen molar-refractivity contribution in [3.8, 4) is 0 Å². The van der Waals surface area contributed by atoms with E-state index in [-0.39, 0.29) is 12.2 Å². The topological polar surface area (TPSA) is 52.6 Å². The van der Waals surface area contributed by atoms with Crippen LogP contribution in [0.2, 0.25) is 0 Å². The van der Waals surface area contributed by atoms with Gasteiger partial charge >= 0.3 is 11.9 Å². The van der Waals surface area contributed by atoms with Gasteiger partial charge in [0, 0.05) is 0 Å². The minimum absolute atomic E-state index is 0.275. The highest BCUT2D eigenvalue weighted by molar-refractivity contribution is 5.97. The van der Waals surface area contributed by atoms with Gasteiger partial charge in [0.15, 0.2) is 0 Å². The van der Waals surface area contributed by atoms with Gasteiger partial charge in [0.25, 0.3) is 0 Å². The van der Waals surface area contributed by atoms with Gasteiger partial charge in [-0.15, -0.1) is 0 Å². The first-order valence-corrected chi connectivity index (χ1v) is 5.47. The van der Waals surface area contributed by atoms with Gasteiger partial charge in [-0.25, -0.2) is 9.59 Å². The van der Waals surface area contributed by atoms with Crippen LogP contribution in [0.5, 0.6) is 0 Å². The summed E-state index contributed by atoms with van der Waals surface area (Å²) in [6.45, 7) is 5.72. The molecule has 0 spiro atoms. The number of hydrogen-bond acceptors (Lipinski definition) is 4. The average molecular weight is 235 g/mol. The van der Waals surface area contributed by atoms with Crippen molar-refractivity contribution in [1.82, 2.24) is 0 Å². The maximum Gasteiger partial charge on any atom is 0.339 e. The summed E-state index contributed by atoms with van der Waals surface area (Å²) in [4.78, 5) is 23.2. The molecule has 1 radical (unpaired) electrons. The van der Waals surface area contributed by atoms with Gasteiger partial charge in [-0.3, -0.25) is 0 Å². The normalized spacial score (nSPS) is 9.82. The Balaban J connectivity index is 3.07. The van der Waals surface area contributed by atoms with Crippen LogP contribution in [-0.2, 0) is 9.47 Å². The molecule has 0 aliphatic heterocycles. The van der Waals surface area contributed by atoms with Crippen molar-refractivity contribution in [2.24, 2.45) is 0 Å². The molecule has 0 aromatic heterocycles. The second-order valence-corrected chi connectivity index (χ2v) is 3.33. The Hall–Kier alpha value is -1.84. The molecule has 1 rings (SSSR count). The molecular formula is C13H15O4. The fourth-order valence-corrected chi connectivity index (χ4v) is 1.42. The molecule has 0 fully saturated rings. The van der Waals surface area contributed by atoms with Crippen LogP contribution >= 0.6 is 0 Å². The number of carbonyl (C=O) groups excluding carboxylic acids is 2. The molecule has 0 heterocycles. The van der Waals surface area contributed by atoms with Crippen molar-refractivity contribution in [2.75, 3.05) is 13.2 Å². The molecule has 4 nitrogen and oxygen atoms in total. The summed E-state index contributed by atoms with van der Waals surface area (Å²) in [5.41, 5.74) is 1.18. The predicted octanol–water partition coefficient (Wildman–Crippen LogP) is 2.15. The lowest BCUT2D eigenvalue weighted by Gasteiger charge is -2.09. The number of ether oxygens (including phenoxy) is 2. The van der Waals surface area contributed by atoms with Crippen LogP contribution in [0.4, 0.5) is 0 Å². The van der Waals surface area contributed by atoms with Crippen LogP contribution in [0.1, 0.15) is 40.1 Å². The molecule has 17 heavy (non-hydrogen) atoms. The Kier molecular flexibility index (Phi) is 4.69. The van der Waals surface area contributed by atoms with Gasteiger partial charge in [-0.1, -0.05) is 6.07 Å². The summed E-state index contributed by atoms with van der Waals surface area (Å²) in [6.07, 6.45) is 0. The molecule has 0 N–H and O–H groups in total. The fourth-order valence-electron chi connectivity index (χ4n) is 1.42. The molecular weight excluding hydrogens is 220 g/mol. The highest BCUT2D eigenvalue weighted by Crippen LogP contribution is 2.15. The molecule has 0 amide bonds. The van der Waals surface area contributed by atoms with Gasteiger partial charge in [0.05, 0.1) is 24.3 Å². The molecule has 0 saturated heterocycles. The minimum atomic E-state index is -0.476. The van der Waals surface area contributed by atoms with E-state index in [1.165, 1.54) is 6.07 Å². The third-order valence-electron chi connectivity index (χ3n) is 2.23. The summed E-state index contributed by atoms with van der Waals surface area (Å²) in [5, 5.41) is 0. The zero-order chi connectivity index (χ0) is 12.8. The largest absolute Gasteiger partial charge is 0.462 e. The summed E-state index contributed by atoms with van der Waals surface area (Å²) < 4.78 is 9.78. The number of esters is 2. The highest BCUT2D eigenvalue weighted by atomic mass is 16.5. The highest BCUT2D eigenvalue weighted by Gasteiger charge is 2.17. The van der Waals surface area contributed by atoms with E-state index in [9.17, 15) is 9.59 Å². The molecule has 0 atom stereocenters. The average Bonchev–Trinajstić information content (AvgIpc) is 2.29. The van der Waals surface area contributed by atoms with E-state index in [2.05, 4.69) is 6.07 Å². The molecule has 0 aliphatic carbocycles. The lowest BCUT2D eigenvalue weighted by Crippen LogP contribution is -2.12. The number of benzene rings is 1. The number of rotatable bonds is 4. The van der Waals surface area contributed by atoms with Crippen molar-refractivity contribution in [2.45, 2.75) is 20.8 Å². The molecule has 0 aliphatic rings. The molecule has 4 heteroatoms. The van der Waals surface area contributed by atoms with Crippen molar-refractivity contribution in [3.63, 3.8) is 0 Å². The van der Waals surface area contributed by atoms with Gasteiger partial charge in [0.2, 0.25) is 0 Å². The monoisotopic (exact) mass is 235 g/mol. The van der Waals surface area contributed by atoms with Gasteiger partial charge in [-0.05, 0) is 38.5 Å². The Labute approximate surface area is 101 Å². The Morgan fingerprint density at radius 3 is 2.35 bits per heavy atom. The maximum atomic E-state index is 11.6. The molecule has 0 unspecified atom stereocenters. The zero-order valence-corrected chi connectivity index (χ0v) is 10.2. The molecule has 0 saturated carbocycles. The smallest absolute Gasteiger partial charge is 0.339 e. The molecule has 0 bridgehead atoms. The zero-order valence-electron chi connectivity index (χ0n) is 10.2. The lowest BCUT2D eigenvalue weighted by molar-refractivity contribution is 0.0523. The SMILES string of the molecule is CCOC(=O)c1[c]ccc(C(=O)OCC)c1C. The summed E-state index contributed by atoms with van der Waals surface area (Å²) in [7, 11) is 0. The van der Waals surface area contributed by atoms with E-state index >= 15 is 0 Å². The van der Waals surface area contributed by atoms with Crippen molar-refractivity contribution < 1.29 is 19.1 Å². The van der Waals surface area contributed by atoms with Crippen molar-refractivity contribution >= 4 is 11.9 Å². The van der Waals surface area contributed by atoms with Crippen LogP contribution in [0, 0.1) is 13.0 Å². The van der Waals surface area contributed by atoms with E-state index in [0.717, 1.165) is 0 Å². The molecule has 1 aromatic rings. The van der Waals surface area contributed by atoms with Crippen LogP contribution < -0.4 is 0 Å². The van der Waals surface area contributed by atoms with E-state index in [1.807, 2.05) is 0 Å². The Bertz CT molecular complexity index is 387. The van der Waals surface area contributed by atoms with Crippen molar-refractivity contribution in [1.29, 1.82) is 0 Å². The summed E-state index contributed by atoms with van der Waals surface area (Å²) in [6, 6.07) is 5.88. The Morgan fingerprint density at radius 2 is 1.76 bits per heavy atom. The Morgan fingerprint density at radius 1 is 1.18 bits per heavy atom. The van der Waals surface area contributed by atoms with E-state index in [1.54, 1.807) is 26.8 Å². The van der Waals surface area contributed by atoms with Crippen molar-refractivity contribution in [3.05, 3.63) is 34.9 Å². The first-order chi connectivity index (χ1) is 8.11. The third kappa shape index (κ3) is 3.06. The summed E-state index contributed by atoms with van der Waals surface area (Å²) in [5.74, 6) is -0.916. The predicted molar refractivity (Wildman–Crippen MR) is 61.9 cm³/mol. The van der Waals surface area contributed by atoms with Crippen LogP contribution in [0.15, 0.2) is 12.1 Å². The fraction of sp³-hybridized carbons (Fsp3) is 0.385. The standard InChI is InChI=1S/C13H15O4/c1-4-16-12(14)10-7-6-8-11(9(10)3)13(15)17-5-2/h6-7H,4-5H2,1-3H3. The first kappa shape index (κ1) is 13.2. The van der Waals surface area contributed by atoms with Gasteiger partial charge in [-0.2, -0.15) is 0 Å². The van der Waals surface area contributed by atoms with Gasteiger partial charge in [0.1, 0.15) is 0 Å². The maximum absolute atomic E-state index is 11.6. The van der Waals surface area contributed by atoms with Gasteiger partial charge < -0.3 is 9.47 Å². The first-order valence-electron chi connectivity index (χ1n) is 5.47. The van der Waals surface area contributed by atoms with Crippen LogP contribution in [0.25, 0.3) is 0 Å². The molecule has 91 valence electrons. The number of hydrogen-bond donors (Lipinski definition) is 0. The van der Waals surface area contributed by atoms with E-state index in [4.69, 9.17) is 9.47 Å². The molecule has 1 aromatic carbocycles. The van der Waals surface area contributed by atoms with E-state index in [0.29, 0.717) is 17.7 Å². The quantitative estimate of drug-likeness (QED) is 0.750. The van der Waals surface area contributed by atoms with Crippen LogP contribution in [-0.4, -0.2) is 25.2 Å². The second-order valence-electron chi connectivity index (χ2n) is 3.33. The minimum Gasteiger partial charge on any atom is -0.462 e. The lowest BCUT2D eigenvalue weighted by atomic mass is 10.0. The van der Waals surface area contributed by atoms with Crippen LogP contribution in [0.3, 0.4) is 0 Å². The third-order valence-corrected chi connectivity index (χ3v) is 2.23.